The summed E-state index contributed by atoms with van der Waals surface area (Å²) in [6, 6.07) is 6.26. The molecule has 1 atom stereocenters. The summed E-state index contributed by atoms with van der Waals surface area (Å²) in [5.41, 5.74) is 3.52. The van der Waals surface area contributed by atoms with Crippen molar-refractivity contribution in [2.75, 3.05) is 6.54 Å². The summed E-state index contributed by atoms with van der Waals surface area (Å²) >= 11 is 14.2. The molecular formula is C15H17Cl2NS. The number of thiophene rings is 1. The second-order valence-electron chi connectivity index (χ2n) is 4.58. The van der Waals surface area contributed by atoms with Crippen LogP contribution < -0.4 is 5.32 Å². The topological polar surface area (TPSA) is 12.0 Å². The quantitative estimate of drug-likeness (QED) is 0.800. The van der Waals surface area contributed by atoms with Crippen molar-refractivity contribution < 1.29 is 0 Å². The minimum absolute atomic E-state index is 0.133. The zero-order valence-electron chi connectivity index (χ0n) is 11.3. The monoisotopic (exact) mass is 313 g/mol. The summed E-state index contributed by atoms with van der Waals surface area (Å²) in [7, 11) is 0. The Balaban J connectivity index is 2.51. The van der Waals surface area contributed by atoms with E-state index in [2.05, 4.69) is 25.2 Å². The first kappa shape index (κ1) is 14.9. The van der Waals surface area contributed by atoms with Gasteiger partial charge in [-0.15, -0.1) is 11.3 Å². The van der Waals surface area contributed by atoms with E-state index in [1.54, 1.807) is 11.3 Å². The molecular weight excluding hydrogens is 297 g/mol. The zero-order chi connectivity index (χ0) is 14.0. The van der Waals surface area contributed by atoms with Crippen molar-refractivity contribution in [1.82, 2.24) is 5.32 Å². The number of aryl methyl sites for hydroxylation is 2. The van der Waals surface area contributed by atoms with Crippen LogP contribution in [0.4, 0.5) is 0 Å². The van der Waals surface area contributed by atoms with Crippen molar-refractivity contribution in [3.8, 4) is 0 Å². The lowest BCUT2D eigenvalue weighted by Gasteiger charge is -2.21. The van der Waals surface area contributed by atoms with Crippen LogP contribution in [0.5, 0.6) is 0 Å². The smallest absolute Gasteiger partial charge is 0.0688 e. The molecule has 1 aromatic heterocycles. The molecule has 1 unspecified atom stereocenters. The van der Waals surface area contributed by atoms with Crippen molar-refractivity contribution in [2.45, 2.75) is 26.8 Å². The number of halogens is 2. The Hall–Kier alpha value is -0.540. The molecule has 0 radical (unpaired) electrons. The number of benzene rings is 1. The molecule has 0 amide bonds. The third-order valence-corrected chi connectivity index (χ3v) is 5.00. The molecule has 0 aliphatic carbocycles. The fraction of sp³-hybridized carbons (Fsp3) is 0.333. The van der Waals surface area contributed by atoms with E-state index in [0.29, 0.717) is 0 Å². The summed E-state index contributed by atoms with van der Waals surface area (Å²) in [6.45, 7) is 7.11. The highest BCUT2D eigenvalue weighted by molar-refractivity contribution is 7.10. The van der Waals surface area contributed by atoms with Gasteiger partial charge in [-0.1, -0.05) is 36.2 Å². The van der Waals surface area contributed by atoms with E-state index >= 15 is 0 Å². The molecule has 0 bridgehead atoms. The van der Waals surface area contributed by atoms with Gasteiger partial charge in [-0.05, 0) is 54.6 Å². The van der Waals surface area contributed by atoms with Gasteiger partial charge in [0.15, 0.2) is 0 Å². The van der Waals surface area contributed by atoms with Gasteiger partial charge >= 0.3 is 0 Å². The van der Waals surface area contributed by atoms with Crippen LogP contribution in [-0.4, -0.2) is 6.54 Å². The SMILES string of the molecule is CCNC(c1cc(C)c(Cl)cc1C)c1sccc1Cl. The molecule has 0 fully saturated rings. The Kier molecular flexibility index (Phi) is 4.91. The molecule has 0 spiro atoms. The largest absolute Gasteiger partial charge is 0.306 e. The van der Waals surface area contributed by atoms with Crippen LogP contribution in [0.2, 0.25) is 10.0 Å². The van der Waals surface area contributed by atoms with Crippen molar-refractivity contribution >= 4 is 34.5 Å². The minimum atomic E-state index is 0.133. The third-order valence-electron chi connectivity index (χ3n) is 3.17. The van der Waals surface area contributed by atoms with Gasteiger partial charge in [-0.3, -0.25) is 0 Å². The van der Waals surface area contributed by atoms with Crippen molar-refractivity contribution in [2.24, 2.45) is 0 Å². The van der Waals surface area contributed by atoms with E-state index in [-0.39, 0.29) is 6.04 Å². The first-order valence-corrected chi connectivity index (χ1v) is 7.91. The average molecular weight is 314 g/mol. The predicted molar refractivity (Wildman–Crippen MR) is 85.8 cm³/mol. The Bertz CT molecular complexity index is 578. The molecule has 1 N–H and O–H groups in total. The van der Waals surface area contributed by atoms with E-state index in [4.69, 9.17) is 23.2 Å². The van der Waals surface area contributed by atoms with Gasteiger partial charge < -0.3 is 5.32 Å². The molecule has 2 aromatic rings. The second kappa shape index (κ2) is 6.27. The predicted octanol–water partition coefficient (Wildman–Crippen LogP) is 5.37. The fourth-order valence-corrected chi connectivity index (χ4v) is 3.65. The summed E-state index contributed by atoms with van der Waals surface area (Å²) < 4.78 is 0. The number of nitrogens with one attached hydrogen (secondary N) is 1. The molecule has 1 nitrogen and oxygen atoms in total. The maximum absolute atomic E-state index is 6.29. The van der Waals surface area contributed by atoms with Crippen LogP contribution in [0, 0.1) is 13.8 Å². The van der Waals surface area contributed by atoms with E-state index in [1.165, 1.54) is 11.1 Å². The molecule has 0 saturated carbocycles. The molecule has 1 heterocycles. The standard InChI is InChI=1S/C15H17Cl2NS/c1-4-18-14(15-12(16)5-6-19-15)11-7-10(3)13(17)8-9(11)2/h5-8,14,18H,4H2,1-3H3. The summed E-state index contributed by atoms with van der Waals surface area (Å²) in [5.74, 6) is 0. The number of hydrogen-bond acceptors (Lipinski definition) is 2. The molecule has 4 heteroatoms. The van der Waals surface area contributed by atoms with Gasteiger partial charge in [0.25, 0.3) is 0 Å². The molecule has 2 rings (SSSR count). The van der Waals surface area contributed by atoms with Crippen LogP contribution in [0.1, 0.15) is 34.5 Å². The van der Waals surface area contributed by atoms with Gasteiger partial charge in [0.1, 0.15) is 0 Å². The molecule has 1 aromatic carbocycles. The Labute approximate surface area is 128 Å². The highest BCUT2D eigenvalue weighted by Crippen LogP contribution is 2.35. The van der Waals surface area contributed by atoms with Crippen LogP contribution in [0.15, 0.2) is 23.6 Å². The van der Waals surface area contributed by atoms with Crippen LogP contribution in [-0.2, 0) is 0 Å². The first-order chi connectivity index (χ1) is 9.04. The van der Waals surface area contributed by atoms with Crippen LogP contribution in [0.25, 0.3) is 0 Å². The highest BCUT2D eigenvalue weighted by Gasteiger charge is 2.20. The second-order valence-corrected chi connectivity index (χ2v) is 6.34. The normalized spacial score (nSPS) is 12.7. The third kappa shape index (κ3) is 3.14. The average Bonchev–Trinajstić information content (AvgIpc) is 2.77. The Morgan fingerprint density at radius 2 is 1.89 bits per heavy atom. The summed E-state index contributed by atoms with van der Waals surface area (Å²) in [5, 5.41) is 7.18. The van der Waals surface area contributed by atoms with Crippen LogP contribution >= 0.6 is 34.5 Å². The summed E-state index contributed by atoms with van der Waals surface area (Å²) in [6.07, 6.45) is 0. The van der Waals surface area contributed by atoms with E-state index in [0.717, 1.165) is 27.0 Å². The Morgan fingerprint density at radius 1 is 1.16 bits per heavy atom. The van der Waals surface area contributed by atoms with E-state index in [1.807, 2.05) is 24.4 Å². The molecule has 0 aliphatic rings. The van der Waals surface area contributed by atoms with E-state index in [9.17, 15) is 0 Å². The van der Waals surface area contributed by atoms with Crippen molar-refractivity contribution in [1.29, 1.82) is 0 Å². The maximum Gasteiger partial charge on any atom is 0.0688 e. The zero-order valence-corrected chi connectivity index (χ0v) is 13.6. The lowest BCUT2D eigenvalue weighted by molar-refractivity contribution is 0.636. The molecule has 19 heavy (non-hydrogen) atoms. The van der Waals surface area contributed by atoms with Crippen molar-refractivity contribution in [3.05, 3.63) is 55.2 Å². The van der Waals surface area contributed by atoms with Gasteiger partial charge in [0.2, 0.25) is 0 Å². The van der Waals surface area contributed by atoms with E-state index < -0.39 is 0 Å². The van der Waals surface area contributed by atoms with Gasteiger partial charge in [-0.25, -0.2) is 0 Å². The molecule has 0 aliphatic heterocycles. The fourth-order valence-electron chi connectivity index (χ4n) is 2.17. The van der Waals surface area contributed by atoms with Gasteiger partial charge in [0, 0.05) is 9.90 Å². The summed E-state index contributed by atoms with van der Waals surface area (Å²) in [4.78, 5) is 1.16. The minimum Gasteiger partial charge on any atom is -0.306 e. The number of hydrogen-bond donors (Lipinski definition) is 1. The first-order valence-electron chi connectivity index (χ1n) is 6.27. The maximum atomic E-state index is 6.29. The molecule has 102 valence electrons. The lowest BCUT2D eigenvalue weighted by Crippen LogP contribution is -2.22. The number of rotatable bonds is 4. The van der Waals surface area contributed by atoms with Crippen molar-refractivity contribution in [3.63, 3.8) is 0 Å². The van der Waals surface area contributed by atoms with Gasteiger partial charge in [0.05, 0.1) is 11.1 Å². The molecule has 0 saturated heterocycles. The highest BCUT2D eigenvalue weighted by atomic mass is 35.5. The Morgan fingerprint density at radius 3 is 2.47 bits per heavy atom. The lowest BCUT2D eigenvalue weighted by atomic mass is 9.97. The van der Waals surface area contributed by atoms with Gasteiger partial charge in [-0.2, -0.15) is 0 Å². The van der Waals surface area contributed by atoms with Crippen LogP contribution in [0.3, 0.4) is 0 Å².